The zero-order valence-electron chi connectivity index (χ0n) is 7.42. The second-order valence-electron chi connectivity index (χ2n) is 2.81. The van der Waals surface area contributed by atoms with Crippen LogP contribution in [0.15, 0.2) is 0 Å². The number of carbonyl (C=O) groups excluding carboxylic acids is 1. The lowest BCUT2D eigenvalue weighted by Crippen LogP contribution is -2.16. The number of halogens is 1. The molecule has 0 bridgehead atoms. The van der Waals surface area contributed by atoms with Crippen molar-refractivity contribution in [2.24, 2.45) is 0 Å². The van der Waals surface area contributed by atoms with Crippen molar-refractivity contribution in [3.8, 4) is 0 Å². The summed E-state index contributed by atoms with van der Waals surface area (Å²) in [6, 6.07) is 0. The van der Waals surface area contributed by atoms with Crippen LogP contribution >= 0.6 is 11.6 Å². The van der Waals surface area contributed by atoms with Crippen molar-refractivity contribution in [2.75, 3.05) is 5.88 Å². The van der Waals surface area contributed by atoms with Gasteiger partial charge in [-0.2, -0.15) is 0 Å². The first-order valence-electron chi connectivity index (χ1n) is 3.97. The Balaban J connectivity index is 3.43. The summed E-state index contributed by atoms with van der Waals surface area (Å²) >= 11 is 5.38. The summed E-state index contributed by atoms with van der Waals surface area (Å²) in [7, 11) is 0. The van der Waals surface area contributed by atoms with Gasteiger partial charge in [0.05, 0.1) is 12.2 Å². The molecule has 0 saturated heterocycles. The summed E-state index contributed by atoms with van der Waals surface area (Å²) in [5.41, 5.74) is 0. The van der Waals surface area contributed by atoms with Crippen LogP contribution in [0.3, 0.4) is 0 Å². The minimum absolute atomic E-state index is 0.139. The molecule has 0 saturated carbocycles. The van der Waals surface area contributed by atoms with E-state index in [1.165, 1.54) is 6.92 Å². The molecule has 1 unspecified atom stereocenters. The number of aliphatic hydroxyl groups is 1. The largest absolute Gasteiger partial charge is 0.463 e. The third kappa shape index (κ3) is 6.43. The van der Waals surface area contributed by atoms with Gasteiger partial charge in [0.1, 0.15) is 0 Å². The van der Waals surface area contributed by atoms with Gasteiger partial charge in [-0.1, -0.05) is 0 Å². The Kier molecular flexibility index (Phi) is 6.11. The van der Waals surface area contributed by atoms with Crippen molar-refractivity contribution < 1.29 is 14.6 Å². The van der Waals surface area contributed by atoms with Crippen LogP contribution in [0.1, 0.15) is 26.7 Å². The quantitative estimate of drug-likeness (QED) is 0.531. The molecule has 0 aromatic carbocycles. The number of ether oxygens (including phenoxy) is 1. The molecule has 0 amide bonds. The van der Waals surface area contributed by atoms with Crippen molar-refractivity contribution >= 4 is 17.6 Å². The van der Waals surface area contributed by atoms with E-state index in [0.717, 1.165) is 0 Å². The van der Waals surface area contributed by atoms with Gasteiger partial charge in [0, 0.05) is 12.8 Å². The standard InChI is InChI=1S/C8H15ClO3/c1-6(12-7(2)10)3-4-8(11)5-9/h6,8,11H,3-5H2,1-2H3/t6-,8?/m1/s1. The van der Waals surface area contributed by atoms with Crippen LogP contribution in [-0.4, -0.2) is 29.2 Å². The van der Waals surface area contributed by atoms with E-state index in [1.807, 2.05) is 0 Å². The Morgan fingerprint density at radius 3 is 2.58 bits per heavy atom. The van der Waals surface area contributed by atoms with Gasteiger partial charge in [-0.05, 0) is 19.8 Å². The Morgan fingerprint density at radius 1 is 1.58 bits per heavy atom. The number of alkyl halides is 1. The van der Waals surface area contributed by atoms with E-state index in [2.05, 4.69) is 0 Å². The fraction of sp³-hybridized carbons (Fsp3) is 0.875. The molecular weight excluding hydrogens is 180 g/mol. The molecule has 3 nitrogen and oxygen atoms in total. The molecule has 0 spiro atoms. The van der Waals surface area contributed by atoms with Crippen molar-refractivity contribution in [1.29, 1.82) is 0 Å². The van der Waals surface area contributed by atoms with Crippen LogP contribution in [0.2, 0.25) is 0 Å². The number of aliphatic hydroxyl groups excluding tert-OH is 1. The topological polar surface area (TPSA) is 46.5 Å². The third-order valence-corrected chi connectivity index (χ3v) is 1.81. The molecule has 0 aromatic rings. The summed E-state index contributed by atoms with van der Waals surface area (Å²) in [5.74, 6) is -0.0601. The van der Waals surface area contributed by atoms with Gasteiger partial charge in [-0.15, -0.1) is 11.6 Å². The van der Waals surface area contributed by atoms with E-state index in [9.17, 15) is 4.79 Å². The lowest BCUT2D eigenvalue weighted by molar-refractivity contribution is -0.145. The van der Waals surface area contributed by atoms with Crippen LogP contribution in [-0.2, 0) is 9.53 Å². The molecule has 0 radical (unpaired) electrons. The summed E-state index contributed by atoms with van der Waals surface area (Å²) in [6.07, 6.45) is 0.579. The van der Waals surface area contributed by atoms with Crippen LogP contribution in [0, 0.1) is 0 Å². The summed E-state index contributed by atoms with van der Waals surface area (Å²) in [4.78, 5) is 10.5. The van der Waals surface area contributed by atoms with E-state index in [-0.39, 0.29) is 18.0 Å². The molecule has 0 fully saturated rings. The minimum Gasteiger partial charge on any atom is -0.463 e. The third-order valence-electron chi connectivity index (χ3n) is 1.45. The molecule has 72 valence electrons. The van der Waals surface area contributed by atoms with E-state index in [0.29, 0.717) is 12.8 Å². The highest BCUT2D eigenvalue weighted by Crippen LogP contribution is 2.06. The molecule has 0 rings (SSSR count). The summed E-state index contributed by atoms with van der Waals surface area (Å²) < 4.78 is 4.85. The van der Waals surface area contributed by atoms with Gasteiger partial charge in [0.2, 0.25) is 0 Å². The molecule has 0 aliphatic rings. The Labute approximate surface area is 77.7 Å². The molecular formula is C8H15ClO3. The molecule has 0 aromatic heterocycles. The number of hydrogen-bond acceptors (Lipinski definition) is 3. The van der Waals surface area contributed by atoms with E-state index >= 15 is 0 Å². The average Bonchev–Trinajstić information content (AvgIpc) is 1.99. The number of hydrogen-bond donors (Lipinski definition) is 1. The maximum atomic E-state index is 10.5. The first-order valence-corrected chi connectivity index (χ1v) is 4.51. The maximum absolute atomic E-state index is 10.5. The second-order valence-corrected chi connectivity index (χ2v) is 3.11. The van der Waals surface area contributed by atoms with Crippen LogP contribution < -0.4 is 0 Å². The molecule has 1 N–H and O–H groups in total. The normalized spacial score (nSPS) is 15.3. The lowest BCUT2D eigenvalue weighted by atomic mass is 10.1. The summed E-state index contributed by atoms with van der Waals surface area (Å²) in [5, 5.41) is 9.07. The number of esters is 1. The predicted octanol–water partition coefficient (Wildman–Crippen LogP) is 1.32. The van der Waals surface area contributed by atoms with Crippen LogP contribution in [0.4, 0.5) is 0 Å². The van der Waals surface area contributed by atoms with Crippen LogP contribution in [0.25, 0.3) is 0 Å². The Bertz CT molecular complexity index is 138. The second kappa shape index (κ2) is 6.26. The zero-order valence-corrected chi connectivity index (χ0v) is 8.17. The Hall–Kier alpha value is -0.280. The van der Waals surface area contributed by atoms with Crippen molar-refractivity contribution in [3.05, 3.63) is 0 Å². The predicted molar refractivity (Wildman–Crippen MR) is 47.2 cm³/mol. The monoisotopic (exact) mass is 194 g/mol. The van der Waals surface area contributed by atoms with Crippen molar-refractivity contribution in [3.63, 3.8) is 0 Å². The van der Waals surface area contributed by atoms with Crippen LogP contribution in [0.5, 0.6) is 0 Å². The zero-order chi connectivity index (χ0) is 9.56. The van der Waals surface area contributed by atoms with Gasteiger partial charge in [0.25, 0.3) is 0 Å². The molecule has 4 heteroatoms. The summed E-state index contributed by atoms with van der Waals surface area (Å²) in [6.45, 7) is 3.16. The highest BCUT2D eigenvalue weighted by molar-refractivity contribution is 6.18. The van der Waals surface area contributed by atoms with Crippen molar-refractivity contribution in [1.82, 2.24) is 0 Å². The minimum atomic E-state index is -0.496. The van der Waals surface area contributed by atoms with Gasteiger partial charge >= 0.3 is 5.97 Å². The van der Waals surface area contributed by atoms with E-state index < -0.39 is 6.10 Å². The molecule has 0 heterocycles. The van der Waals surface area contributed by atoms with Gasteiger partial charge in [-0.25, -0.2) is 0 Å². The van der Waals surface area contributed by atoms with Gasteiger partial charge in [0.15, 0.2) is 0 Å². The molecule has 2 atom stereocenters. The van der Waals surface area contributed by atoms with E-state index in [1.54, 1.807) is 6.92 Å². The first kappa shape index (κ1) is 11.7. The number of carbonyl (C=O) groups is 1. The fourth-order valence-electron chi connectivity index (χ4n) is 0.846. The fourth-order valence-corrected chi connectivity index (χ4v) is 1.00. The smallest absolute Gasteiger partial charge is 0.302 e. The highest BCUT2D eigenvalue weighted by atomic mass is 35.5. The van der Waals surface area contributed by atoms with Crippen molar-refractivity contribution in [2.45, 2.75) is 38.9 Å². The molecule has 0 aliphatic heterocycles. The average molecular weight is 195 g/mol. The lowest BCUT2D eigenvalue weighted by Gasteiger charge is -2.12. The Morgan fingerprint density at radius 2 is 2.17 bits per heavy atom. The number of rotatable bonds is 5. The SMILES string of the molecule is CC(=O)O[C@H](C)CCC(O)CCl. The van der Waals surface area contributed by atoms with Gasteiger partial charge < -0.3 is 9.84 Å². The van der Waals surface area contributed by atoms with Gasteiger partial charge in [-0.3, -0.25) is 4.79 Å². The highest BCUT2D eigenvalue weighted by Gasteiger charge is 2.08. The first-order chi connectivity index (χ1) is 5.56. The molecule has 12 heavy (non-hydrogen) atoms. The maximum Gasteiger partial charge on any atom is 0.302 e. The molecule has 0 aliphatic carbocycles. The van der Waals surface area contributed by atoms with E-state index in [4.69, 9.17) is 21.4 Å².